The third-order valence-electron chi connectivity index (χ3n) is 3.43. The molecule has 0 N–H and O–H groups in total. The molecule has 1 saturated heterocycles. The van der Waals surface area contributed by atoms with Gasteiger partial charge in [0.05, 0.1) is 6.33 Å². The van der Waals surface area contributed by atoms with E-state index in [4.69, 9.17) is 11.6 Å². The van der Waals surface area contributed by atoms with E-state index in [1.165, 1.54) is 10.9 Å². The number of halogens is 1. The summed E-state index contributed by atoms with van der Waals surface area (Å²) >= 11 is 6.00. The number of sulfonamides is 1. The molecule has 1 unspecified atom stereocenters. The van der Waals surface area contributed by atoms with E-state index in [2.05, 4.69) is 4.98 Å². The van der Waals surface area contributed by atoms with Gasteiger partial charge >= 0.3 is 0 Å². The van der Waals surface area contributed by atoms with E-state index in [9.17, 15) is 8.42 Å². The maximum atomic E-state index is 12.6. The molecule has 0 spiro atoms. The summed E-state index contributed by atoms with van der Waals surface area (Å²) in [5, 5.41) is 0.155. The number of imidazole rings is 1. The van der Waals surface area contributed by atoms with Gasteiger partial charge in [0, 0.05) is 19.6 Å². The smallest absolute Gasteiger partial charge is 0.263 e. The average molecular weight is 292 g/mol. The summed E-state index contributed by atoms with van der Waals surface area (Å²) in [6.07, 6.45) is 5.16. The van der Waals surface area contributed by atoms with Crippen LogP contribution in [0.2, 0.25) is 5.15 Å². The van der Waals surface area contributed by atoms with Crippen LogP contribution in [0.4, 0.5) is 0 Å². The Morgan fingerprint density at radius 2 is 2.22 bits per heavy atom. The van der Waals surface area contributed by atoms with E-state index in [0.717, 1.165) is 25.7 Å². The molecule has 0 saturated carbocycles. The fourth-order valence-corrected chi connectivity index (χ4v) is 4.54. The number of hydrogen-bond donors (Lipinski definition) is 0. The van der Waals surface area contributed by atoms with Gasteiger partial charge in [0.2, 0.25) is 5.03 Å². The minimum absolute atomic E-state index is 0.0213. The van der Waals surface area contributed by atoms with Crippen molar-refractivity contribution in [3.8, 4) is 0 Å². The third kappa shape index (κ3) is 2.29. The zero-order valence-corrected chi connectivity index (χ0v) is 12.2. The van der Waals surface area contributed by atoms with Crippen LogP contribution in [0.1, 0.15) is 32.6 Å². The normalized spacial score (nSPS) is 22.3. The van der Waals surface area contributed by atoms with Crippen LogP contribution in [-0.4, -0.2) is 34.9 Å². The first-order chi connectivity index (χ1) is 8.48. The summed E-state index contributed by atoms with van der Waals surface area (Å²) in [6.45, 7) is 2.58. The molecule has 102 valence electrons. The standard InChI is InChI=1S/C11H18ClN3O2S/c1-3-9-6-4-5-7-15(9)18(16,17)11-10(12)14(2)8-13-11/h8-9H,3-7H2,1-2H3. The van der Waals surface area contributed by atoms with Crippen LogP contribution in [0.15, 0.2) is 11.4 Å². The third-order valence-corrected chi connectivity index (χ3v) is 5.88. The zero-order chi connectivity index (χ0) is 13.3. The van der Waals surface area contributed by atoms with E-state index < -0.39 is 10.0 Å². The number of aryl methyl sites for hydroxylation is 1. The number of nitrogens with zero attached hydrogens (tertiary/aromatic N) is 3. The first-order valence-corrected chi connectivity index (χ1v) is 7.99. The van der Waals surface area contributed by atoms with E-state index in [0.29, 0.717) is 6.54 Å². The molecular weight excluding hydrogens is 274 g/mol. The molecule has 5 nitrogen and oxygen atoms in total. The summed E-state index contributed by atoms with van der Waals surface area (Å²) in [7, 11) is -1.88. The Hall–Kier alpha value is -0.590. The molecule has 18 heavy (non-hydrogen) atoms. The molecule has 1 aromatic heterocycles. The van der Waals surface area contributed by atoms with Gasteiger partial charge in [-0.3, -0.25) is 0 Å². The minimum Gasteiger partial charge on any atom is -0.324 e. The van der Waals surface area contributed by atoms with Crippen LogP contribution in [0.5, 0.6) is 0 Å². The second-order valence-electron chi connectivity index (χ2n) is 4.63. The van der Waals surface area contributed by atoms with Crippen molar-refractivity contribution in [3.05, 3.63) is 11.5 Å². The number of aromatic nitrogens is 2. The Morgan fingerprint density at radius 3 is 2.78 bits per heavy atom. The van der Waals surface area contributed by atoms with Gasteiger partial charge in [0.1, 0.15) is 5.15 Å². The first-order valence-electron chi connectivity index (χ1n) is 6.17. The van der Waals surface area contributed by atoms with Crippen molar-refractivity contribution in [2.45, 2.75) is 43.7 Å². The van der Waals surface area contributed by atoms with Crippen LogP contribution < -0.4 is 0 Å². The molecule has 0 bridgehead atoms. The molecule has 1 fully saturated rings. The highest BCUT2D eigenvalue weighted by molar-refractivity contribution is 7.89. The van der Waals surface area contributed by atoms with Gasteiger partial charge in [0.25, 0.3) is 10.0 Å². The van der Waals surface area contributed by atoms with Gasteiger partial charge in [-0.2, -0.15) is 4.31 Å². The molecule has 0 radical (unpaired) electrons. The zero-order valence-electron chi connectivity index (χ0n) is 10.6. The van der Waals surface area contributed by atoms with Crippen LogP contribution in [0.3, 0.4) is 0 Å². The predicted molar refractivity (Wildman–Crippen MR) is 70.0 cm³/mol. The largest absolute Gasteiger partial charge is 0.324 e. The van der Waals surface area contributed by atoms with Gasteiger partial charge in [-0.25, -0.2) is 13.4 Å². The van der Waals surface area contributed by atoms with Gasteiger partial charge < -0.3 is 4.57 Å². The van der Waals surface area contributed by atoms with Crippen molar-refractivity contribution in [1.29, 1.82) is 0 Å². The van der Waals surface area contributed by atoms with Crippen molar-refractivity contribution in [2.75, 3.05) is 6.54 Å². The molecular formula is C11H18ClN3O2S. The van der Waals surface area contributed by atoms with Gasteiger partial charge in [-0.05, 0) is 19.3 Å². The highest BCUT2D eigenvalue weighted by Crippen LogP contribution is 2.29. The highest BCUT2D eigenvalue weighted by Gasteiger charge is 2.35. The topological polar surface area (TPSA) is 55.2 Å². The quantitative estimate of drug-likeness (QED) is 0.856. The summed E-state index contributed by atoms with van der Waals surface area (Å²) in [5.41, 5.74) is 0. The fourth-order valence-electron chi connectivity index (χ4n) is 2.38. The predicted octanol–water partition coefficient (Wildman–Crippen LogP) is 2.03. The van der Waals surface area contributed by atoms with E-state index in [1.54, 1.807) is 11.4 Å². The summed E-state index contributed by atoms with van der Waals surface area (Å²) in [6, 6.07) is 0.0711. The van der Waals surface area contributed by atoms with E-state index in [-0.39, 0.29) is 16.2 Å². The van der Waals surface area contributed by atoms with Gasteiger partial charge in [0.15, 0.2) is 0 Å². The molecule has 0 aromatic carbocycles. The molecule has 0 aliphatic carbocycles. The molecule has 2 heterocycles. The van der Waals surface area contributed by atoms with Crippen LogP contribution in [-0.2, 0) is 17.1 Å². The lowest BCUT2D eigenvalue weighted by molar-refractivity contribution is 0.246. The van der Waals surface area contributed by atoms with Crippen LogP contribution in [0.25, 0.3) is 0 Å². The second-order valence-corrected chi connectivity index (χ2v) is 6.79. The van der Waals surface area contributed by atoms with Crippen molar-refractivity contribution in [3.63, 3.8) is 0 Å². The lowest BCUT2D eigenvalue weighted by Gasteiger charge is -2.33. The van der Waals surface area contributed by atoms with Gasteiger partial charge in [-0.15, -0.1) is 0 Å². The second kappa shape index (κ2) is 5.19. The van der Waals surface area contributed by atoms with Crippen LogP contribution in [0, 0.1) is 0 Å². The molecule has 7 heteroatoms. The lowest BCUT2D eigenvalue weighted by atomic mass is 10.0. The minimum atomic E-state index is -3.56. The van der Waals surface area contributed by atoms with Crippen molar-refractivity contribution < 1.29 is 8.42 Å². The molecule has 1 aliphatic rings. The average Bonchev–Trinajstić information content (AvgIpc) is 2.70. The Bertz CT molecular complexity index is 526. The Morgan fingerprint density at radius 1 is 1.50 bits per heavy atom. The molecule has 0 amide bonds. The highest BCUT2D eigenvalue weighted by atomic mass is 35.5. The summed E-state index contributed by atoms with van der Waals surface area (Å²) < 4.78 is 28.2. The molecule has 1 aromatic rings. The van der Waals surface area contributed by atoms with Crippen LogP contribution >= 0.6 is 11.6 Å². The van der Waals surface area contributed by atoms with Crippen molar-refractivity contribution in [1.82, 2.24) is 13.9 Å². The SMILES string of the molecule is CCC1CCCCN1S(=O)(=O)c1ncn(C)c1Cl. The number of hydrogen-bond acceptors (Lipinski definition) is 3. The number of piperidine rings is 1. The number of rotatable bonds is 3. The summed E-state index contributed by atoms with van der Waals surface area (Å²) in [4.78, 5) is 3.93. The monoisotopic (exact) mass is 291 g/mol. The van der Waals surface area contributed by atoms with Gasteiger partial charge in [-0.1, -0.05) is 24.9 Å². The maximum absolute atomic E-state index is 12.6. The first kappa shape index (κ1) is 13.8. The molecule has 1 aliphatic heterocycles. The summed E-state index contributed by atoms with van der Waals surface area (Å²) in [5.74, 6) is 0. The Balaban J connectivity index is 2.38. The molecule has 1 atom stereocenters. The lowest BCUT2D eigenvalue weighted by Crippen LogP contribution is -2.43. The van der Waals surface area contributed by atoms with E-state index in [1.807, 2.05) is 6.92 Å². The fraction of sp³-hybridized carbons (Fsp3) is 0.727. The maximum Gasteiger partial charge on any atom is 0.263 e. The Kier molecular flexibility index (Phi) is 3.99. The Labute approximate surface area is 113 Å². The molecule has 2 rings (SSSR count). The van der Waals surface area contributed by atoms with Crippen molar-refractivity contribution in [2.24, 2.45) is 7.05 Å². The van der Waals surface area contributed by atoms with Crippen molar-refractivity contribution >= 4 is 21.6 Å². The van der Waals surface area contributed by atoms with E-state index >= 15 is 0 Å².